The van der Waals surface area contributed by atoms with Gasteiger partial charge in [-0.05, 0) is 21.1 Å². The zero-order valence-corrected chi connectivity index (χ0v) is 8.58. The van der Waals surface area contributed by atoms with Gasteiger partial charge in [-0.15, -0.1) is 0 Å². The van der Waals surface area contributed by atoms with Crippen LogP contribution >= 0.6 is 0 Å². The molecule has 0 saturated carbocycles. The third-order valence-electron chi connectivity index (χ3n) is 1.69. The summed E-state index contributed by atoms with van der Waals surface area (Å²) < 4.78 is 0. The van der Waals surface area contributed by atoms with Crippen LogP contribution in [0.1, 0.15) is 0 Å². The van der Waals surface area contributed by atoms with Crippen molar-refractivity contribution in [3.63, 3.8) is 0 Å². The van der Waals surface area contributed by atoms with Crippen molar-refractivity contribution in [2.45, 2.75) is 0 Å². The summed E-state index contributed by atoms with van der Waals surface area (Å²) in [5.41, 5.74) is 0.237. The smallest absolute Gasteiger partial charge is 0.332 e. The van der Waals surface area contributed by atoms with Crippen LogP contribution in [0.3, 0.4) is 0 Å². The number of likely N-dealkylation sites (N-methyl/N-ethyl adjacent to an activating group) is 2. The Bertz CT molecular complexity index is 190. The second kappa shape index (κ2) is 5.72. The first-order valence-electron chi connectivity index (χ1n) is 4.18. The predicted molar refractivity (Wildman–Crippen MR) is 52.8 cm³/mol. The minimum Gasteiger partial charge on any atom is -0.478 e. The van der Waals surface area contributed by atoms with Crippen molar-refractivity contribution in [3.05, 3.63) is 12.2 Å². The highest BCUT2D eigenvalue weighted by atomic mass is 16.4. The Morgan fingerprint density at radius 1 is 1.31 bits per heavy atom. The number of rotatable bonds is 6. The van der Waals surface area contributed by atoms with E-state index in [-0.39, 0.29) is 5.57 Å². The van der Waals surface area contributed by atoms with Gasteiger partial charge in [0.15, 0.2) is 0 Å². The molecule has 4 nitrogen and oxygen atoms in total. The molecule has 0 aromatic heterocycles. The van der Waals surface area contributed by atoms with Crippen molar-refractivity contribution in [2.24, 2.45) is 0 Å². The van der Waals surface area contributed by atoms with Crippen molar-refractivity contribution >= 4 is 5.97 Å². The van der Waals surface area contributed by atoms with E-state index in [1.165, 1.54) is 0 Å². The van der Waals surface area contributed by atoms with Gasteiger partial charge in [-0.3, -0.25) is 0 Å². The Labute approximate surface area is 79.4 Å². The quantitative estimate of drug-likeness (QED) is 0.598. The SMILES string of the molecule is C=C(CN(C)CCN(C)C)C(=O)O. The molecule has 0 aliphatic heterocycles. The van der Waals surface area contributed by atoms with E-state index in [9.17, 15) is 4.79 Å². The summed E-state index contributed by atoms with van der Waals surface area (Å²) in [5.74, 6) is -0.920. The second-order valence-corrected chi connectivity index (χ2v) is 3.45. The fourth-order valence-electron chi connectivity index (χ4n) is 0.843. The lowest BCUT2D eigenvalue weighted by molar-refractivity contribution is -0.132. The van der Waals surface area contributed by atoms with Gasteiger partial charge < -0.3 is 14.9 Å². The molecule has 0 fully saturated rings. The van der Waals surface area contributed by atoms with Crippen molar-refractivity contribution in [1.82, 2.24) is 9.80 Å². The minimum absolute atomic E-state index is 0.237. The molecule has 0 bridgehead atoms. The molecule has 1 N–H and O–H groups in total. The monoisotopic (exact) mass is 186 g/mol. The van der Waals surface area contributed by atoms with Crippen LogP contribution in [0.15, 0.2) is 12.2 Å². The lowest BCUT2D eigenvalue weighted by Crippen LogP contribution is -2.31. The highest BCUT2D eigenvalue weighted by molar-refractivity contribution is 5.86. The predicted octanol–water partition coefficient (Wildman–Crippen LogP) is 0.121. The Balaban J connectivity index is 3.68. The molecular formula is C9H18N2O2. The van der Waals surface area contributed by atoms with Crippen molar-refractivity contribution in [3.8, 4) is 0 Å². The molecular weight excluding hydrogens is 168 g/mol. The molecule has 0 rings (SSSR count). The Morgan fingerprint density at radius 3 is 2.23 bits per heavy atom. The molecule has 0 aromatic carbocycles. The van der Waals surface area contributed by atoms with Gasteiger partial charge in [0.25, 0.3) is 0 Å². The maximum absolute atomic E-state index is 10.4. The molecule has 0 heterocycles. The zero-order valence-electron chi connectivity index (χ0n) is 8.58. The molecule has 0 aromatic rings. The van der Waals surface area contributed by atoms with Crippen molar-refractivity contribution in [2.75, 3.05) is 40.8 Å². The van der Waals surface area contributed by atoms with Gasteiger partial charge in [-0.25, -0.2) is 4.79 Å². The molecule has 13 heavy (non-hydrogen) atoms. The zero-order chi connectivity index (χ0) is 10.4. The summed E-state index contributed by atoms with van der Waals surface area (Å²) >= 11 is 0. The van der Waals surface area contributed by atoms with Crippen LogP contribution in [-0.2, 0) is 4.79 Å². The van der Waals surface area contributed by atoms with Crippen molar-refractivity contribution in [1.29, 1.82) is 0 Å². The number of carbonyl (C=O) groups is 1. The Hall–Kier alpha value is -0.870. The van der Waals surface area contributed by atoms with Gasteiger partial charge in [0.05, 0.1) is 0 Å². The first kappa shape index (κ1) is 12.1. The summed E-state index contributed by atoms with van der Waals surface area (Å²) in [5, 5.41) is 8.57. The van der Waals surface area contributed by atoms with E-state index in [2.05, 4.69) is 11.5 Å². The summed E-state index contributed by atoms with van der Waals surface area (Å²) in [6.07, 6.45) is 0. The Morgan fingerprint density at radius 2 is 1.85 bits per heavy atom. The summed E-state index contributed by atoms with van der Waals surface area (Å²) in [6, 6.07) is 0. The minimum atomic E-state index is -0.920. The van der Waals surface area contributed by atoms with Crippen LogP contribution in [0.2, 0.25) is 0 Å². The lowest BCUT2D eigenvalue weighted by atomic mass is 10.3. The number of carboxylic acids is 1. The average Bonchev–Trinajstić information content (AvgIpc) is 2.00. The molecule has 0 radical (unpaired) electrons. The summed E-state index contributed by atoms with van der Waals surface area (Å²) in [7, 11) is 5.86. The second-order valence-electron chi connectivity index (χ2n) is 3.45. The van der Waals surface area contributed by atoms with E-state index >= 15 is 0 Å². The molecule has 0 aliphatic rings. The van der Waals surface area contributed by atoms with Crippen molar-refractivity contribution < 1.29 is 9.90 Å². The number of aliphatic carboxylic acids is 1. The molecule has 0 spiro atoms. The van der Waals surface area contributed by atoms with E-state index in [1.54, 1.807) is 0 Å². The van der Waals surface area contributed by atoms with E-state index in [0.717, 1.165) is 13.1 Å². The molecule has 0 amide bonds. The normalized spacial score (nSPS) is 10.8. The van der Waals surface area contributed by atoms with Gasteiger partial charge in [0.2, 0.25) is 0 Å². The van der Waals surface area contributed by atoms with Crippen LogP contribution < -0.4 is 0 Å². The third kappa shape index (κ3) is 6.31. The maximum atomic E-state index is 10.4. The third-order valence-corrected chi connectivity index (χ3v) is 1.69. The van der Waals surface area contributed by atoms with E-state index in [1.807, 2.05) is 26.0 Å². The number of nitrogens with zero attached hydrogens (tertiary/aromatic N) is 2. The fourth-order valence-corrected chi connectivity index (χ4v) is 0.843. The van der Waals surface area contributed by atoms with Crippen LogP contribution in [0, 0.1) is 0 Å². The Kier molecular flexibility index (Phi) is 5.34. The van der Waals surface area contributed by atoms with Crippen LogP contribution in [0.25, 0.3) is 0 Å². The van der Waals surface area contributed by atoms with Gasteiger partial charge in [0.1, 0.15) is 0 Å². The number of carboxylic acid groups (broad SMARTS) is 1. The largest absolute Gasteiger partial charge is 0.478 e. The van der Waals surface area contributed by atoms with Gasteiger partial charge in [0, 0.05) is 25.2 Å². The van der Waals surface area contributed by atoms with Crippen LogP contribution in [0.5, 0.6) is 0 Å². The van der Waals surface area contributed by atoms with E-state index in [4.69, 9.17) is 5.11 Å². The standard InChI is InChI=1S/C9H18N2O2/c1-8(9(12)13)7-11(4)6-5-10(2)3/h1,5-7H2,2-4H3,(H,12,13). The lowest BCUT2D eigenvalue weighted by Gasteiger charge is -2.18. The highest BCUT2D eigenvalue weighted by Gasteiger charge is 2.07. The van der Waals surface area contributed by atoms with Crippen LogP contribution in [-0.4, -0.2) is 61.7 Å². The number of hydrogen-bond donors (Lipinski definition) is 1. The topological polar surface area (TPSA) is 43.8 Å². The molecule has 0 unspecified atom stereocenters. The van der Waals surface area contributed by atoms with E-state index < -0.39 is 5.97 Å². The summed E-state index contributed by atoms with van der Waals surface area (Å²) in [6.45, 7) is 5.65. The van der Waals surface area contributed by atoms with Gasteiger partial charge in [-0.2, -0.15) is 0 Å². The van der Waals surface area contributed by atoms with Gasteiger partial charge >= 0.3 is 5.97 Å². The number of hydrogen-bond acceptors (Lipinski definition) is 3. The van der Waals surface area contributed by atoms with E-state index in [0.29, 0.717) is 6.54 Å². The highest BCUT2D eigenvalue weighted by Crippen LogP contribution is 1.94. The first-order chi connectivity index (χ1) is 5.93. The summed E-state index contributed by atoms with van der Waals surface area (Å²) in [4.78, 5) is 14.4. The van der Waals surface area contributed by atoms with Gasteiger partial charge in [-0.1, -0.05) is 6.58 Å². The molecule has 0 aliphatic carbocycles. The fraction of sp³-hybridized carbons (Fsp3) is 0.667. The molecule has 0 saturated heterocycles. The molecule has 4 heteroatoms. The molecule has 76 valence electrons. The van der Waals surface area contributed by atoms with Crippen LogP contribution in [0.4, 0.5) is 0 Å². The average molecular weight is 186 g/mol. The molecule has 0 atom stereocenters. The first-order valence-corrected chi connectivity index (χ1v) is 4.18. The maximum Gasteiger partial charge on any atom is 0.332 e.